The van der Waals surface area contributed by atoms with Crippen LogP contribution in [-0.2, 0) is 4.79 Å². The first kappa shape index (κ1) is 15.3. The number of carbonyl (C=O) groups is 1. The summed E-state index contributed by atoms with van der Waals surface area (Å²) in [5.74, 6) is 0.154. The van der Waals surface area contributed by atoms with Crippen LogP contribution in [0.3, 0.4) is 0 Å². The first-order chi connectivity index (χ1) is 9.72. The van der Waals surface area contributed by atoms with Gasteiger partial charge in [-0.15, -0.1) is 0 Å². The zero-order chi connectivity index (χ0) is 14.4. The Morgan fingerprint density at radius 3 is 2.80 bits per heavy atom. The summed E-state index contributed by atoms with van der Waals surface area (Å²) in [6.07, 6.45) is 10.1. The third-order valence-electron chi connectivity index (χ3n) is 3.96. The van der Waals surface area contributed by atoms with Crippen LogP contribution in [0.1, 0.15) is 51.9 Å². The highest BCUT2D eigenvalue weighted by atomic mass is 32.1. The Balaban J connectivity index is 1.76. The molecule has 0 unspecified atom stereocenters. The molecule has 0 bridgehead atoms. The van der Waals surface area contributed by atoms with Gasteiger partial charge >= 0.3 is 0 Å². The van der Waals surface area contributed by atoms with Gasteiger partial charge in [0.1, 0.15) is 0 Å². The highest BCUT2D eigenvalue weighted by molar-refractivity contribution is 7.80. The lowest BCUT2D eigenvalue weighted by Crippen LogP contribution is -2.49. The van der Waals surface area contributed by atoms with Crippen LogP contribution in [-0.4, -0.2) is 40.7 Å². The molecule has 4 nitrogen and oxygen atoms in total. The molecule has 0 saturated carbocycles. The maximum absolute atomic E-state index is 11.8. The molecule has 2 aliphatic rings. The predicted octanol–water partition coefficient (Wildman–Crippen LogP) is 2.61. The predicted molar refractivity (Wildman–Crippen MR) is 85.1 cm³/mol. The van der Waals surface area contributed by atoms with Gasteiger partial charge in [0, 0.05) is 26.1 Å². The van der Waals surface area contributed by atoms with Crippen molar-refractivity contribution in [2.24, 2.45) is 0 Å². The van der Waals surface area contributed by atoms with Gasteiger partial charge in [0.15, 0.2) is 5.11 Å². The molecule has 1 heterocycles. The van der Waals surface area contributed by atoms with Crippen LogP contribution in [0.4, 0.5) is 0 Å². The zero-order valence-corrected chi connectivity index (χ0v) is 13.2. The standard InChI is InChI=1S/C15H25N3OS/c1-2-14(19)17-11-6-12-18(17)15(20)16-10-9-13-7-4-3-5-8-13/h7H,2-6,8-12H2,1H3,(H,16,20). The van der Waals surface area contributed by atoms with Crippen molar-refractivity contribution in [1.29, 1.82) is 0 Å². The van der Waals surface area contributed by atoms with Gasteiger partial charge in [0.05, 0.1) is 0 Å². The molecule has 0 atom stereocenters. The minimum Gasteiger partial charge on any atom is -0.361 e. The van der Waals surface area contributed by atoms with E-state index in [-0.39, 0.29) is 5.91 Å². The number of nitrogens with zero attached hydrogens (tertiary/aromatic N) is 2. The highest BCUT2D eigenvalue weighted by Gasteiger charge is 2.27. The Hall–Kier alpha value is -1.10. The first-order valence-electron chi connectivity index (χ1n) is 7.76. The van der Waals surface area contributed by atoms with E-state index in [2.05, 4.69) is 11.4 Å². The molecule has 2 rings (SSSR count). The lowest BCUT2D eigenvalue weighted by Gasteiger charge is -2.30. The second-order valence-corrected chi connectivity index (χ2v) is 5.82. The van der Waals surface area contributed by atoms with Crippen LogP contribution in [0.15, 0.2) is 11.6 Å². The van der Waals surface area contributed by atoms with Gasteiger partial charge in [-0.1, -0.05) is 18.6 Å². The fourth-order valence-corrected chi connectivity index (χ4v) is 3.11. The summed E-state index contributed by atoms with van der Waals surface area (Å²) in [6, 6.07) is 0. The van der Waals surface area contributed by atoms with E-state index in [0.29, 0.717) is 11.5 Å². The molecule has 0 spiro atoms. The molecule has 20 heavy (non-hydrogen) atoms. The number of amides is 1. The third kappa shape index (κ3) is 3.95. The van der Waals surface area contributed by atoms with Gasteiger partial charge in [-0.05, 0) is 50.7 Å². The number of hydrazine groups is 1. The van der Waals surface area contributed by atoms with Crippen molar-refractivity contribution < 1.29 is 4.79 Å². The van der Waals surface area contributed by atoms with Crippen molar-refractivity contribution in [2.45, 2.75) is 51.9 Å². The van der Waals surface area contributed by atoms with E-state index in [1.165, 1.54) is 25.7 Å². The van der Waals surface area contributed by atoms with Gasteiger partial charge in [0.2, 0.25) is 5.91 Å². The third-order valence-corrected chi connectivity index (χ3v) is 4.32. The fraction of sp³-hybridized carbons (Fsp3) is 0.733. The molecule has 112 valence electrons. The van der Waals surface area contributed by atoms with E-state index >= 15 is 0 Å². The monoisotopic (exact) mass is 295 g/mol. The molecule has 1 fully saturated rings. The topological polar surface area (TPSA) is 35.6 Å². The van der Waals surface area contributed by atoms with Gasteiger partial charge in [-0.25, -0.2) is 0 Å². The number of thiocarbonyl (C=S) groups is 1. The Kier molecular flexibility index (Phi) is 5.83. The molecule has 1 aliphatic carbocycles. The summed E-state index contributed by atoms with van der Waals surface area (Å²) in [5, 5.41) is 7.71. The van der Waals surface area contributed by atoms with Crippen molar-refractivity contribution in [3.8, 4) is 0 Å². The SMILES string of the molecule is CCC(=O)N1CCCN1C(=S)NCCC1=CCCCC1. The van der Waals surface area contributed by atoms with Crippen molar-refractivity contribution in [2.75, 3.05) is 19.6 Å². The molecular formula is C15H25N3OS. The van der Waals surface area contributed by atoms with Gasteiger partial charge < -0.3 is 5.32 Å². The maximum atomic E-state index is 11.8. The second kappa shape index (κ2) is 7.62. The fourth-order valence-electron chi connectivity index (χ4n) is 2.82. The number of nitrogens with one attached hydrogen (secondary N) is 1. The molecule has 1 N–H and O–H groups in total. The summed E-state index contributed by atoms with van der Waals surface area (Å²) in [7, 11) is 0. The van der Waals surface area contributed by atoms with E-state index in [4.69, 9.17) is 12.2 Å². The lowest BCUT2D eigenvalue weighted by atomic mass is 9.97. The van der Waals surface area contributed by atoms with Crippen molar-refractivity contribution in [3.63, 3.8) is 0 Å². The highest BCUT2D eigenvalue weighted by Crippen LogP contribution is 2.19. The van der Waals surface area contributed by atoms with Crippen LogP contribution in [0.2, 0.25) is 0 Å². The number of rotatable bonds is 4. The van der Waals surface area contributed by atoms with Crippen LogP contribution < -0.4 is 5.32 Å². The van der Waals surface area contributed by atoms with Crippen LogP contribution in [0, 0.1) is 0 Å². The quantitative estimate of drug-likeness (QED) is 0.639. The van der Waals surface area contributed by atoms with Crippen LogP contribution in [0.25, 0.3) is 0 Å². The number of carbonyl (C=O) groups excluding carboxylic acids is 1. The molecule has 0 aromatic carbocycles. The summed E-state index contributed by atoms with van der Waals surface area (Å²) in [4.78, 5) is 11.8. The number of allylic oxidation sites excluding steroid dienone is 1. The maximum Gasteiger partial charge on any atom is 0.240 e. The minimum absolute atomic E-state index is 0.154. The van der Waals surface area contributed by atoms with E-state index < -0.39 is 0 Å². The van der Waals surface area contributed by atoms with Gasteiger partial charge in [-0.3, -0.25) is 14.8 Å². The van der Waals surface area contributed by atoms with Crippen LogP contribution in [0.5, 0.6) is 0 Å². The van der Waals surface area contributed by atoms with E-state index in [1.54, 1.807) is 10.6 Å². The Labute approximate surface area is 127 Å². The molecule has 0 aromatic rings. The van der Waals surface area contributed by atoms with Crippen molar-refractivity contribution >= 4 is 23.2 Å². The zero-order valence-electron chi connectivity index (χ0n) is 12.4. The normalized spacial score (nSPS) is 18.9. The molecule has 0 aromatic heterocycles. The van der Waals surface area contributed by atoms with Crippen LogP contribution >= 0.6 is 12.2 Å². The summed E-state index contributed by atoms with van der Waals surface area (Å²) in [5.41, 5.74) is 1.55. The summed E-state index contributed by atoms with van der Waals surface area (Å²) >= 11 is 5.43. The first-order valence-corrected chi connectivity index (χ1v) is 8.16. The largest absolute Gasteiger partial charge is 0.361 e. The molecule has 5 heteroatoms. The second-order valence-electron chi connectivity index (χ2n) is 5.44. The Morgan fingerprint density at radius 1 is 1.30 bits per heavy atom. The molecular weight excluding hydrogens is 270 g/mol. The number of hydrogen-bond acceptors (Lipinski definition) is 2. The summed E-state index contributed by atoms with van der Waals surface area (Å²) < 4.78 is 0. The lowest BCUT2D eigenvalue weighted by molar-refractivity contribution is -0.138. The van der Waals surface area contributed by atoms with E-state index in [9.17, 15) is 4.79 Å². The molecule has 1 amide bonds. The Bertz CT molecular complexity index is 395. The average Bonchev–Trinajstić information content (AvgIpc) is 2.97. The minimum atomic E-state index is 0.154. The average molecular weight is 295 g/mol. The number of hydrogen-bond donors (Lipinski definition) is 1. The smallest absolute Gasteiger partial charge is 0.240 e. The Morgan fingerprint density at radius 2 is 2.10 bits per heavy atom. The molecule has 0 radical (unpaired) electrons. The summed E-state index contributed by atoms with van der Waals surface area (Å²) in [6.45, 7) is 4.40. The van der Waals surface area contributed by atoms with Crippen molar-refractivity contribution in [1.82, 2.24) is 15.3 Å². The molecule has 1 saturated heterocycles. The van der Waals surface area contributed by atoms with Gasteiger partial charge in [0.25, 0.3) is 0 Å². The molecule has 1 aliphatic heterocycles. The van der Waals surface area contributed by atoms with E-state index in [0.717, 1.165) is 32.5 Å². The van der Waals surface area contributed by atoms with Crippen molar-refractivity contribution in [3.05, 3.63) is 11.6 Å². The van der Waals surface area contributed by atoms with E-state index in [1.807, 2.05) is 11.9 Å². The van der Waals surface area contributed by atoms with Gasteiger partial charge in [-0.2, -0.15) is 0 Å².